The summed E-state index contributed by atoms with van der Waals surface area (Å²) in [6.07, 6.45) is 2.28. The van der Waals surface area contributed by atoms with Crippen LogP contribution in [0.4, 0.5) is 0 Å². The lowest BCUT2D eigenvalue weighted by atomic mass is 10.1. The van der Waals surface area contributed by atoms with Crippen molar-refractivity contribution in [1.29, 1.82) is 0 Å². The van der Waals surface area contributed by atoms with E-state index in [1.807, 2.05) is 66.9 Å². The molecule has 4 aromatic rings. The van der Waals surface area contributed by atoms with Gasteiger partial charge in [-0.1, -0.05) is 30.3 Å². The summed E-state index contributed by atoms with van der Waals surface area (Å²) in [5, 5.41) is 16.2. The van der Waals surface area contributed by atoms with Crippen molar-refractivity contribution in [3.63, 3.8) is 0 Å². The maximum absolute atomic E-state index is 12.2. The molecule has 1 unspecified atom stereocenters. The predicted molar refractivity (Wildman–Crippen MR) is 143 cm³/mol. The summed E-state index contributed by atoms with van der Waals surface area (Å²) in [6, 6.07) is 18.0. The van der Waals surface area contributed by atoms with Gasteiger partial charge in [0.15, 0.2) is 5.78 Å². The van der Waals surface area contributed by atoms with E-state index < -0.39 is 12.0 Å². The fourth-order valence-corrected chi connectivity index (χ4v) is 4.43. The van der Waals surface area contributed by atoms with Crippen molar-refractivity contribution in [2.75, 3.05) is 6.61 Å². The molecule has 0 bridgehead atoms. The van der Waals surface area contributed by atoms with Gasteiger partial charge in [-0.05, 0) is 55.1 Å². The third kappa shape index (κ3) is 7.17. The molecule has 2 N–H and O–H groups in total. The van der Waals surface area contributed by atoms with Crippen molar-refractivity contribution in [3.05, 3.63) is 106 Å². The minimum absolute atomic E-state index is 0.158. The fourth-order valence-electron chi connectivity index (χ4n) is 3.79. The van der Waals surface area contributed by atoms with E-state index in [4.69, 9.17) is 9.15 Å². The van der Waals surface area contributed by atoms with Gasteiger partial charge in [0.1, 0.15) is 17.6 Å². The van der Waals surface area contributed by atoms with Crippen molar-refractivity contribution in [3.8, 4) is 17.2 Å². The average Bonchev–Trinajstić information content (AvgIpc) is 3.56. The molecule has 0 saturated carbocycles. The molecule has 0 aliphatic carbocycles. The van der Waals surface area contributed by atoms with Crippen LogP contribution in [-0.2, 0) is 17.6 Å². The number of hydrogen-bond acceptors (Lipinski definition) is 7. The zero-order valence-corrected chi connectivity index (χ0v) is 21.5. The molecule has 1 atom stereocenters. The number of allylic oxidation sites excluding steroid dienone is 2. The maximum Gasteiger partial charge on any atom is 0.326 e. The van der Waals surface area contributed by atoms with Crippen LogP contribution in [0.15, 0.2) is 87.6 Å². The molecule has 4 rings (SSSR count). The molecular formula is C29H28N2O5S. The van der Waals surface area contributed by atoms with E-state index in [-0.39, 0.29) is 12.2 Å². The molecule has 0 saturated heterocycles. The lowest BCUT2D eigenvalue weighted by Gasteiger charge is -2.16. The Morgan fingerprint density at radius 2 is 1.89 bits per heavy atom. The van der Waals surface area contributed by atoms with E-state index in [1.165, 1.54) is 17.4 Å². The zero-order valence-electron chi connectivity index (χ0n) is 20.6. The Balaban J connectivity index is 1.30. The quantitative estimate of drug-likeness (QED) is 0.184. The Kier molecular flexibility index (Phi) is 8.53. The third-order valence-electron chi connectivity index (χ3n) is 5.74. The first-order valence-electron chi connectivity index (χ1n) is 11.9. The first-order chi connectivity index (χ1) is 17.9. The van der Waals surface area contributed by atoms with Gasteiger partial charge < -0.3 is 19.6 Å². The van der Waals surface area contributed by atoms with E-state index in [2.05, 4.69) is 10.3 Å². The van der Waals surface area contributed by atoms with E-state index in [1.54, 1.807) is 18.4 Å². The number of carbonyl (C=O) groups is 2. The Labute approximate surface area is 219 Å². The van der Waals surface area contributed by atoms with Crippen molar-refractivity contribution in [2.45, 2.75) is 32.7 Å². The molecule has 0 aliphatic rings. The fraction of sp³-hybridized carbons (Fsp3) is 0.207. The second kappa shape index (κ2) is 12.2. The van der Waals surface area contributed by atoms with Crippen LogP contribution in [0.25, 0.3) is 11.5 Å². The predicted octanol–water partition coefficient (Wildman–Crippen LogP) is 5.71. The number of aromatic nitrogens is 1. The summed E-state index contributed by atoms with van der Waals surface area (Å²) < 4.78 is 11.7. The van der Waals surface area contributed by atoms with E-state index >= 15 is 0 Å². The molecule has 0 spiro atoms. The monoisotopic (exact) mass is 516 g/mol. The average molecular weight is 517 g/mol. The van der Waals surface area contributed by atoms with Crippen molar-refractivity contribution < 1.29 is 23.8 Å². The van der Waals surface area contributed by atoms with Gasteiger partial charge >= 0.3 is 5.97 Å². The van der Waals surface area contributed by atoms with Crippen LogP contribution < -0.4 is 10.1 Å². The number of ketones is 1. The van der Waals surface area contributed by atoms with Crippen LogP contribution in [0.2, 0.25) is 0 Å². The van der Waals surface area contributed by atoms with E-state index in [0.29, 0.717) is 35.9 Å². The second-order valence-corrected chi connectivity index (χ2v) is 9.35. The highest BCUT2D eigenvalue weighted by Gasteiger charge is 2.18. The molecule has 0 radical (unpaired) electrons. The zero-order chi connectivity index (χ0) is 26.2. The molecule has 2 aromatic heterocycles. The number of carbonyl (C=O) groups excluding carboxylic acids is 1. The van der Waals surface area contributed by atoms with Gasteiger partial charge in [0.25, 0.3) is 0 Å². The van der Waals surface area contributed by atoms with Crippen molar-refractivity contribution in [2.24, 2.45) is 0 Å². The van der Waals surface area contributed by atoms with Crippen molar-refractivity contribution >= 4 is 23.1 Å². The molecule has 7 nitrogen and oxygen atoms in total. The van der Waals surface area contributed by atoms with E-state index in [9.17, 15) is 14.7 Å². The molecule has 2 aromatic carbocycles. The van der Waals surface area contributed by atoms with E-state index in [0.717, 1.165) is 22.6 Å². The molecule has 0 aliphatic heterocycles. The highest BCUT2D eigenvalue weighted by Crippen LogP contribution is 2.22. The van der Waals surface area contributed by atoms with Gasteiger partial charge in [-0.25, -0.2) is 9.78 Å². The number of aliphatic carboxylic acids is 1. The van der Waals surface area contributed by atoms with Crippen molar-refractivity contribution in [1.82, 2.24) is 10.3 Å². The Morgan fingerprint density at radius 3 is 2.57 bits per heavy atom. The SMILES string of the molecule is C/C(=C/C(=O)c1ccsc1)NC(Cc1ccc(OCCc2nc(-c3ccccc3)oc2C)cc1)C(=O)O. The maximum atomic E-state index is 12.2. The molecule has 8 heteroatoms. The third-order valence-corrected chi connectivity index (χ3v) is 6.42. The van der Waals surface area contributed by atoms with Crippen LogP contribution in [0.1, 0.15) is 34.3 Å². The smallest absolute Gasteiger partial charge is 0.326 e. The summed E-state index contributed by atoms with van der Waals surface area (Å²) in [4.78, 5) is 28.6. The number of aryl methyl sites for hydroxylation is 1. The second-order valence-electron chi connectivity index (χ2n) is 8.57. The van der Waals surface area contributed by atoms with Gasteiger partial charge in [-0.15, -0.1) is 0 Å². The lowest BCUT2D eigenvalue weighted by molar-refractivity contribution is -0.139. The van der Waals surface area contributed by atoms with Gasteiger partial charge in [-0.3, -0.25) is 4.79 Å². The highest BCUT2D eigenvalue weighted by molar-refractivity contribution is 7.08. The molecule has 2 heterocycles. The topological polar surface area (TPSA) is 102 Å². The van der Waals surface area contributed by atoms with Crippen LogP contribution in [0.3, 0.4) is 0 Å². The number of carboxylic acid groups (broad SMARTS) is 1. The summed E-state index contributed by atoms with van der Waals surface area (Å²) in [5.41, 5.74) is 3.71. The molecule has 0 fully saturated rings. The number of benzene rings is 2. The Morgan fingerprint density at radius 1 is 1.14 bits per heavy atom. The van der Waals surface area contributed by atoms with Gasteiger partial charge in [-0.2, -0.15) is 11.3 Å². The van der Waals surface area contributed by atoms with Crippen LogP contribution in [0.5, 0.6) is 5.75 Å². The number of nitrogens with one attached hydrogen (secondary N) is 1. The molecule has 37 heavy (non-hydrogen) atoms. The Hall–Kier alpha value is -4.17. The minimum Gasteiger partial charge on any atom is -0.493 e. The largest absolute Gasteiger partial charge is 0.493 e. The Bertz CT molecular complexity index is 1360. The first-order valence-corrected chi connectivity index (χ1v) is 12.8. The number of thiophene rings is 1. The summed E-state index contributed by atoms with van der Waals surface area (Å²) >= 11 is 1.44. The number of rotatable bonds is 12. The van der Waals surface area contributed by atoms with Crippen LogP contribution in [0, 0.1) is 6.92 Å². The van der Waals surface area contributed by atoms with Gasteiger partial charge in [0.2, 0.25) is 5.89 Å². The number of nitrogens with zero attached hydrogens (tertiary/aromatic N) is 1. The van der Waals surface area contributed by atoms with Crippen LogP contribution >= 0.6 is 11.3 Å². The standard InChI is InChI=1S/C29H28N2O5S/c1-19(16-27(32)23-13-15-37-18-23)30-26(29(33)34)17-21-8-10-24(11-9-21)35-14-12-25-20(2)36-28(31-25)22-6-4-3-5-7-22/h3-11,13,15-16,18,26,30H,12,14,17H2,1-2H3,(H,33,34)/b19-16-. The lowest BCUT2D eigenvalue weighted by Crippen LogP contribution is -2.37. The number of carboxylic acids is 1. The number of oxazole rings is 1. The summed E-state index contributed by atoms with van der Waals surface area (Å²) in [6.45, 7) is 4.02. The highest BCUT2D eigenvalue weighted by atomic mass is 32.1. The summed E-state index contributed by atoms with van der Waals surface area (Å²) in [5.74, 6) is 0.902. The molecule has 0 amide bonds. The summed E-state index contributed by atoms with van der Waals surface area (Å²) in [7, 11) is 0. The van der Waals surface area contributed by atoms with Gasteiger partial charge in [0, 0.05) is 41.1 Å². The normalized spacial score (nSPS) is 12.2. The molecule has 190 valence electrons. The molecular weight excluding hydrogens is 488 g/mol. The number of ether oxygens (including phenoxy) is 1. The van der Waals surface area contributed by atoms with Gasteiger partial charge in [0.05, 0.1) is 12.3 Å². The van der Waals surface area contributed by atoms with Crippen LogP contribution in [-0.4, -0.2) is 34.5 Å². The first kappa shape index (κ1) is 25.9. The minimum atomic E-state index is -0.992. The number of hydrogen-bond donors (Lipinski definition) is 2.